The van der Waals surface area contributed by atoms with Gasteiger partial charge in [0.15, 0.2) is 11.5 Å². The van der Waals surface area contributed by atoms with Crippen LogP contribution < -0.4 is 9.47 Å². The Kier molecular flexibility index (Phi) is 3.22. The van der Waals surface area contributed by atoms with Crippen LogP contribution in [-0.2, 0) is 4.79 Å². The molecule has 1 aromatic carbocycles. The predicted molar refractivity (Wildman–Crippen MR) is 56.3 cm³/mol. The van der Waals surface area contributed by atoms with Crippen molar-refractivity contribution in [1.82, 2.24) is 0 Å². The van der Waals surface area contributed by atoms with Crippen molar-refractivity contribution in [3.63, 3.8) is 0 Å². The summed E-state index contributed by atoms with van der Waals surface area (Å²) in [4.78, 5) is 10.2. The van der Waals surface area contributed by atoms with E-state index in [-0.39, 0.29) is 6.10 Å². The van der Waals surface area contributed by atoms with Gasteiger partial charge in [0.25, 0.3) is 0 Å². The van der Waals surface area contributed by atoms with E-state index in [0.29, 0.717) is 13.0 Å². The molecule has 2 rings (SSSR count). The fraction of sp³-hybridized carbons (Fsp3) is 0.417. The number of benzene rings is 1. The first-order chi connectivity index (χ1) is 7.40. The van der Waals surface area contributed by atoms with E-state index in [0.717, 1.165) is 30.6 Å². The number of carbonyl (C=O) groups excluding carboxylic acids is 1. The van der Waals surface area contributed by atoms with Crippen LogP contribution in [0, 0.1) is 0 Å². The van der Waals surface area contributed by atoms with Crippen LogP contribution in [-0.4, -0.2) is 19.0 Å². The summed E-state index contributed by atoms with van der Waals surface area (Å²) in [5.74, 6) is 1.61. The third-order valence-electron chi connectivity index (χ3n) is 2.42. The zero-order chi connectivity index (χ0) is 10.5. The van der Waals surface area contributed by atoms with Crippen LogP contribution in [0.25, 0.3) is 0 Å². The molecular weight excluding hydrogens is 192 g/mol. The summed E-state index contributed by atoms with van der Waals surface area (Å²) in [5.41, 5.74) is 0. The van der Waals surface area contributed by atoms with E-state index in [9.17, 15) is 4.79 Å². The largest absolute Gasteiger partial charge is 0.486 e. The van der Waals surface area contributed by atoms with Crippen molar-refractivity contribution in [3.05, 3.63) is 24.3 Å². The third kappa shape index (κ3) is 2.49. The highest BCUT2D eigenvalue weighted by molar-refractivity contribution is 5.49. The van der Waals surface area contributed by atoms with Crippen molar-refractivity contribution in [3.8, 4) is 11.5 Å². The average molecular weight is 206 g/mol. The van der Waals surface area contributed by atoms with Crippen LogP contribution in [0.4, 0.5) is 0 Å². The number of para-hydroxylation sites is 2. The lowest BCUT2D eigenvalue weighted by molar-refractivity contribution is -0.108. The predicted octanol–water partition coefficient (Wildman–Crippen LogP) is 2.20. The van der Waals surface area contributed by atoms with Gasteiger partial charge in [-0.3, -0.25) is 0 Å². The van der Waals surface area contributed by atoms with Crippen molar-refractivity contribution in [2.45, 2.75) is 25.4 Å². The van der Waals surface area contributed by atoms with E-state index in [1.54, 1.807) is 0 Å². The number of hydrogen-bond donors (Lipinski definition) is 0. The monoisotopic (exact) mass is 206 g/mol. The molecule has 3 heteroatoms. The Morgan fingerprint density at radius 3 is 2.93 bits per heavy atom. The van der Waals surface area contributed by atoms with Gasteiger partial charge in [0.2, 0.25) is 0 Å². The average Bonchev–Trinajstić information content (AvgIpc) is 2.29. The van der Waals surface area contributed by atoms with Crippen molar-refractivity contribution < 1.29 is 14.3 Å². The highest BCUT2D eigenvalue weighted by atomic mass is 16.6. The Hall–Kier alpha value is -1.51. The fourth-order valence-electron chi connectivity index (χ4n) is 1.63. The van der Waals surface area contributed by atoms with Gasteiger partial charge in [0, 0.05) is 6.42 Å². The maximum atomic E-state index is 10.2. The highest BCUT2D eigenvalue weighted by Gasteiger charge is 2.19. The molecule has 0 saturated heterocycles. The molecule has 80 valence electrons. The van der Waals surface area contributed by atoms with Crippen LogP contribution in [0.3, 0.4) is 0 Å². The van der Waals surface area contributed by atoms with Crippen LogP contribution in [0.5, 0.6) is 11.5 Å². The number of rotatable bonds is 4. The van der Waals surface area contributed by atoms with Crippen molar-refractivity contribution in [2.24, 2.45) is 0 Å². The minimum atomic E-state index is 0.0832. The lowest BCUT2D eigenvalue weighted by atomic mass is 10.1. The smallest absolute Gasteiger partial charge is 0.161 e. The van der Waals surface area contributed by atoms with Gasteiger partial charge in [-0.05, 0) is 25.0 Å². The Morgan fingerprint density at radius 1 is 1.33 bits per heavy atom. The topological polar surface area (TPSA) is 35.5 Å². The lowest BCUT2D eigenvalue weighted by Gasteiger charge is -2.26. The summed E-state index contributed by atoms with van der Waals surface area (Å²) in [6.07, 6.45) is 3.35. The number of ether oxygens (including phenoxy) is 2. The molecule has 0 saturated carbocycles. The number of aldehydes is 1. The molecule has 3 nitrogen and oxygen atoms in total. The number of carbonyl (C=O) groups is 1. The second-order valence-corrected chi connectivity index (χ2v) is 3.60. The molecule has 0 spiro atoms. The maximum absolute atomic E-state index is 10.2. The zero-order valence-corrected chi connectivity index (χ0v) is 8.52. The molecule has 0 bridgehead atoms. The van der Waals surface area contributed by atoms with Crippen LogP contribution in [0.2, 0.25) is 0 Å². The van der Waals surface area contributed by atoms with Gasteiger partial charge in [-0.1, -0.05) is 12.1 Å². The highest BCUT2D eigenvalue weighted by Crippen LogP contribution is 2.31. The fourth-order valence-corrected chi connectivity index (χ4v) is 1.63. The number of unbranched alkanes of at least 4 members (excludes halogenated alkanes) is 1. The SMILES string of the molecule is O=CCCCC1COc2ccccc2O1. The molecule has 1 aliphatic heterocycles. The molecule has 0 aliphatic carbocycles. The summed E-state index contributed by atoms with van der Waals surface area (Å²) in [6.45, 7) is 0.579. The zero-order valence-electron chi connectivity index (χ0n) is 8.52. The molecule has 0 fully saturated rings. The number of hydrogen-bond acceptors (Lipinski definition) is 3. The number of fused-ring (bicyclic) bond motifs is 1. The van der Waals surface area contributed by atoms with Gasteiger partial charge in [-0.25, -0.2) is 0 Å². The summed E-state index contributed by atoms with van der Waals surface area (Å²) in [6, 6.07) is 7.66. The summed E-state index contributed by atoms with van der Waals surface area (Å²) >= 11 is 0. The van der Waals surface area contributed by atoms with E-state index in [2.05, 4.69) is 0 Å². The maximum Gasteiger partial charge on any atom is 0.161 e. The van der Waals surface area contributed by atoms with E-state index in [4.69, 9.17) is 9.47 Å². The third-order valence-corrected chi connectivity index (χ3v) is 2.42. The van der Waals surface area contributed by atoms with Crippen molar-refractivity contribution in [2.75, 3.05) is 6.61 Å². The van der Waals surface area contributed by atoms with Gasteiger partial charge in [-0.2, -0.15) is 0 Å². The Bertz CT molecular complexity index is 335. The quantitative estimate of drug-likeness (QED) is 0.559. The molecule has 1 aromatic rings. The second-order valence-electron chi connectivity index (χ2n) is 3.60. The molecule has 15 heavy (non-hydrogen) atoms. The van der Waals surface area contributed by atoms with Gasteiger partial charge in [0.1, 0.15) is 19.0 Å². The van der Waals surface area contributed by atoms with Crippen molar-refractivity contribution >= 4 is 6.29 Å². The molecule has 0 aromatic heterocycles. The van der Waals surface area contributed by atoms with E-state index >= 15 is 0 Å². The Balaban J connectivity index is 1.91. The molecule has 0 amide bonds. The summed E-state index contributed by atoms with van der Waals surface area (Å²) in [7, 11) is 0. The van der Waals surface area contributed by atoms with Gasteiger partial charge in [-0.15, -0.1) is 0 Å². The second kappa shape index (κ2) is 4.82. The molecule has 1 heterocycles. The first kappa shape index (κ1) is 10.0. The van der Waals surface area contributed by atoms with Gasteiger partial charge < -0.3 is 14.3 Å². The van der Waals surface area contributed by atoms with E-state index < -0.39 is 0 Å². The minimum Gasteiger partial charge on any atom is -0.486 e. The standard InChI is InChI=1S/C12H14O3/c13-8-4-3-5-10-9-14-11-6-1-2-7-12(11)15-10/h1-2,6-8,10H,3-5,9H2. The van der Waals surface area contributed by atoms with Gasteiger partial charge >= 0.3 is 0 Å². The molecule has 1 unspecified atom stereocenters. The summed E-state index contributed by atoms with van der Waals surface area (Å²) in [5, 5.41) is 0. The minimum absolute atomic E-state index is 0.0832. The van der Waals surface area contributed by atoms with E-state index in [1.807, 2.05) is 24.3 Å². The van der Waals surface area contributed by atoms with Crippen LogP contribution in [0.15, 0.2) is 24.3 Å². The van der Waals surface area contributed by atoms with Crippen molar-refractivity contribution in [1.29, 1.82) is 0 Å². The van der Waals surface area contributed by atoms with Crippen LogP contribution in [0.1, 0.15) is 19.3 Å². The van der Waals surface area contributed by atoms with Gasteiger partial charge in [0.05, 0.1) is 0 Å². The first-order valence-electron chi connectivity index (χ1n) is 5.22. The molecule has 0 N–H and O–H groups in total. The van der Waals surface area contributed by atoms with Crippen LogP contribution >= 0.6 is 0 Å². The summed E-state index contributed by atoms with van der Waals surface area (Å²) < 4.78 is 11.3. The Morgan fingerprint density at radius 2 is 2.13 bits per heavy atom. The molecule has 0 radical (unpaired) electrons. The molecular formula is C12H14O3. The first-order valence-corrected chi connectivity index (χ1v) is 5.22. The lowest BCUT2D eigenvalue weighted by Crippen LogP contribution is -2.28. The van der Waals surface area contributed by atoms with E-state index in [1.165, 1.54) is 0 Å². The Labute approximate surface area is 89.0 Å². The normalized spacial score (nSPS) is 18.5. The molecule has 1 aliphatic rings. The molecule has 1 atom stereocenters.